The molecule has 0 spiro atoms. The van der Waals surface area contributed by atoms with Gasteiger partial charge in [0, 0.05) is 18.2 Å². The molecule has 0 saturated carbocycles. The number of non-ortho nitro benzene ring substituents is 1. The molecule has 10 nitrogen and oxygen atoms in total. The third-order valence-electron chi connectivity index (χ3n) is 4.99. The van der Waals surface area contributed by atoms with Crippen LogP contribution < -0.4 is 18.9 Å². The third-order valence-corrected chi connectivity index (χ3v) is 6.18. The number of nitro benzene ring substituents is 2. The van der Waals surface area contributed by atoms with Crippen molar-refractivity contribution in [3.63, 3.8) is 0 Å². The highest BCUT2D eigenvalue weighted by atomic mass is 127. The second-order valence-corrected chi connectivity index (χ2v) is 9.35. The molecular weight excluding hydrogens is 686 g/mol. The Morgan fingerprint density at radius 1 is 0.690 bits per heavy atom. The lowest BCUT2D eigenvalue weighted by Gasteiger charge is -2.00. The van der Waals surface area contributed by atoms with Crippen LogP contribution >= 0.6 is 34.2 Å². The molecule has 0 saturated heterocycles. The molecule has 42 heavy (non-hydrogen) atoms. The highest BCUT2D eigenvalue weighted by Crippen LogP contribution is 2.28. The van der Waals surface area contributed by atoms with Gasteiger partial charge in [-0.25, -0.2) is 4.39 Å². The highest BCUT2D eigenvalue weighted by Gasteiger charge is 2.11. The van der Waals surface area contributed by atoms with Crippen molar-refractivity contribution in [3.05, 3.63) is 125 Å². The van der Waals surface area contributed by atoms with Crippen LogP contribution in [0.4, 0.5) is 15.8 Å². The standard InChI is InChI=1S/C8H9FO.C7H6ClNO3.C7H7IO.C7H7NO3/c1-6-3-4-8(10-2)7(9)5-6;1-12-7-3-2-5(9(10)11)4-6(7)8;1-9-7-5-3-2-4-6(7)8;1-11-7-5-3-2-4-6(7)8(9)10/h3-5H,1-2H3;2-4H,1H3;2-5H,1H3;2-5H,1H3. The molecule has 0 bridgehead atoms. The second-order valence-electron chi connectivity index (χ2n) is 7.78. The van der Waals surface area contributed by atoms with Crippen LogP contribution in [-0.4, -0.2) is 38.3 Å². The van der Waals surface area contributed by atoms with Gasteiger partial charge < -0.3 is 18.9 Å². The number of nitro groups is 2. The van der Waals surface area contributed by atoms with Crippen molar-refractivity contribution in [2.24, 2.45) is 0 Å². The predicted molar refractivity (Wildman–Crippen MR) is 168 cm³/mol. The first-order chi connectivity index (χ1) is 20.0. The monoisotopic (exact) mass is 714 g/mol. The molecule has 0 heterocycles. The van der Waals surface area contributed by atoms with Crippen LogP contribution in [0.1, 0.15) is 5.56 Å². The molecule has 0 aromatic heterocycles. The van der Waals surface area contributed by atoms with Gasteiger partial charge in [-0.05, 0) is 71.5 Å². The van der Waals surface area contributed by atoms with Gasteiger partial charge in [-0.15, -0.1) is 0 Å². The van der Waals surface area contributed by atoms with E-state index in [-0.39, 0.29) is 28.0 Å². The SMILES string of the molecule is COc1ccc(C)cc1F.COc1ccc([N+](=O)[O-])cc1Cl.COc1ccccc1I.COc1ccccc1[N+](=O)[O-]. The molecule has 4 aromatic carbocycles. The molecule has 0 fully saturated rings. The van der Waals surface area contributed by atoms with Crippen molar-refractivity contribution < 1.29 is 33.2 Å². The number of halogens is 3. The molecule has 0 radical (unpaired) electrons. The zero-order chi connectivity index (χ0) is 31.7. The molecule has 0 aliphatic carbocycles. The summed E-state index contributed by atoms with van der Waals surface area (Å²) in [6.07, 6.45) is 0. The summed E-state index contributed by atoms with van der Waals surface area (Å²) in [6.45, 7) is 1.84. The van der Waals surface area contributed by atoms with Crippen molar-refractivity contribution in [1.82, 2.24) is 0 Å². The Labute approximate surface area is 261 Å². The number of ether oxygens (including phenoxy) is 4. The van der Waals surface area contributed by atoms with E-state index in [4.69, 9.17) is 30.5 Å². The molecular formula is C29H29ClFIN2O8. The normalized spacial score (nSPS) is 9.33. The lowest BCUT2D eigenvalue weighted by Crippen LogP contribution is -1.92. The van der Waals surface area contributed by atoms with E-state index in [2.05, 4.69) is 22.6 Å². The van der Waals surface area contributed by atoms with Gasteiger partial charge in [0.25, 0.3) is 5.69 Å². The maximum atomic E-state index is 12.7. The minimum absolute atomic E-state index is 0.00463. The summed E-state index contributed by atoms with van der Waals surface area (Å²) in [6, 6.07) is 23.1. The van der Waals surface area contributed by atoms with Crippen LogP contribution in [0.25, 0.3) is 0 Å². The van der Waals surface area contributed by atoms with Gasteiger partial charge in [0.05, 0.1) is 46.9 Å². The number of nitrogens with zero attached hydrogens (tertiary/aromatic N) is 2. The molecule has 0 atom stereocenters. The van der Waals surface area contributed by atoms with Crippen molar-refractivity contribution in [3.8, 4) is 23.0 Å². The fraction of sp³-hybridized carbons (Fsp3) is 0.172. The van der Waals surface area contributed by atoms with Gasteiger partial charge in [-0.1, -0.05) is 41.9 Å². The molecule has 13 heteroatoms. The smallest absolute Gasteiger partial charge is 0.310 e. The Kier molecular flexibility index (Phi) is 16.3. The summed E-state index contributed by atoms with van der Waals surface area (Å²) in [4.78, 5) is 19.6. The average molecular weight is 715 g/mol. The van der Waals surface area contributed by atoms with E-state index in [0.717, 1.165) is 14.9 Å². The van der Waals surface area contributed by atoms with E-state index in [1.54, 1.807) is 31.4 Å². The number of aryl methyl sites for hydroxylation is 1. The van der Waals surface area contributed by atoms with Gasteiger partial charge in [-0.3, -0.25) is 20.2 Å². The van der Waals surface area contributed by atoms with E-state index in [9.17, 15) is 24.6 Å². The van der Waals surface area contributed by atoms with Crippen LogP contribution in [0.3, 0.4) is 0 Å². The van der Waals surface area contributed by atoms with Gasteiger partial charge in [-0.2, -0.15) is 0 Å². The molecule has 224 valence electrons. The Morgan fingerprint density at radius 2 is 1.21 bits per heavy atom. The predicted octanol–water partition coefficient (Wildman–Crippen LogP) is 8.30. The van der Waals surface area contributed by atoms with Crippen molar-refractivity contribution >= 4 is 45.6 Å². The zero-order valence-corrected chi connectivity index (χ0v) is 26.3. The summed E-state index contributed by atoms with van der Waals surface area (Å²) < 4.78 is 33.2. The molecule has 4 rings (SSSR count). The molecule has 0 unspecified atom stereocenters. The van der Waals surface area contributed by atoms with Crippen molar-refractivity contribution in [2.45, 2.75) is 6.92 Å². The Balaban J connectivity index is 0.000000281. The largest absolute Gasteiger partial charge is 0.496 e. The zero-order valence-electron chi connectivity index (χ0n) is 23.4. The van der Waals surface area contributed by atoms with Crippen LogP contribution in [0.15, 0.2) is 84.9 Å². The van der Waals surface area contributed by atoms with E-state index in [0.29, 0.717) is 11.5 Å². The van der Waals surface area contributed by atoms with Crippen LogP contribution in [0.5, 0.6) is 23.0 Å². The van der Waals surface area contributed by atoms with E-state index < -0.39 is 9.85 Å². The molecule has 0 amide bonds. The fourth-order valence-corrected chi connectivity index (χ4v) is 3.79. The van der Waals surface area contributed by atoms with Gasteiger partial charge >= 0.3 is 5.69 Å². The minimum atomic E-state index is -0.509. The quantitative estimate of drug-likeness (QED) is 0.111. The third kappa shape index (κ3) is 12.1. The summed E-state index contributed by atoms with van der Waals surface area (Å²) in [5, 5.41) is 20.8. The first kappa shape index (κ1) is 35.9. The highest BCUT2D eigenvalue weighted by molar-refractivity contribution is 14.1. The van der Waals surface area contributed by atoms with Gasteiger partial charge in [0.1, 0.15) is 11.5 Å². The Morgan fingerprint density at radius 3 is 1.64 bits per heavy atom. The summed E-state index contributed by atoms with van der Waals surface area (Å²) in [7, 11) is 5.99. The number of hydrogen-bond donors (Lipinski definition) is 0. The maximum absolute atomic E-state index is 12.7. The van der Waals surface area contributed by atoms with E-state index in [1.165, 1.54) is 51.7 Å². The van der Waals surface area contributed by atoms with Crippen LogP contribution in [-0.2, 0) is 0 Å². The van der Waals surface area contributed by atoms with E-state index in [1.807, 2.05) is 37.3 Å². The van der Waals surface area contributed by atoms with Crippen molar-refractivity contribution in [2.75, 3.05) is 28.4 Å². The second kappa shape index (κ2) is 19.0. The maximum Gasteiger partial charge on any atom is 0.310 e. The number of rotatable bonds is 6. The van der Waals surface area contributed by atoms with E-state index >= 15 is 0 Å². The lowest BCUT2D eigenvalue weighted by atomic mass is 10.2. The number of para-hydroxylation sites is 3. The Bertz CT molecular complexity index is 1460. The topological polar surface area (TPSA) is 123 Å². The van der Waals surface area contributed by atoms with Gasteiger partial charge in [0.2, 0.25) is 0 Å². The summed E-state index contributed by atoms with van der Waals surface area (Å²) in [5.74, 6) is 1.66. The van der Waals surface area contributed by atoms with Gasteiger partial charge in [0.15, 0.2) is 17.3 Å². The number of methoxy groups -OCH3 is 4. The lowest BCUT2D eigenvalue weighted by molar-refractivity contribution is -0.385. The first-order valence-electron chi connectivity index (χ1n) is 11.8. The minimum Gasteiger partial charge on any atom is -0.496 e. The Hall–Kier alpha value is -4.17. The van der Waals surface area contributed by atoms with Crippen LogP contribution in [0, 0.1) is 36.5 Å². The number of benzene rings is 4. The summed E-state index contributed by atoms with van der Waals surface area (Å²) >= 11 is 7.88. The molecule has 0 aliphatic rings. The van der Waals surface area contributed by atoms with Crippen molar-refractivity contribution in [1.29, 1.82) is 0 Å². The molecule has 0 aliphatic heterocycles. The molecule has 0 N–H and O–H groups in total. The van der Waals surface area contributed by atoms with Crippen LogP contribution in [0.2, 0.25) is 5.02 Å². The summed E-state index contributed by atoms with van der Waals surface area (Å²) in [5.41, 5.74) is 0.856. The average Bonchev–Trinajstić information content (AvgIpc) is 2.98. The fourth-order valence-electron chi connectivity index (χ4n) is 2.93. The molecule has 4 aromatic rings. The number of hydrogen-bond acceptors (Lipinski definition) is 8. The first-order valence-corrected chi connectivity index (χ1v) is 13.3.